The Hall–Kier alpha value is -1.30. The zero-order valence-corrected chi connectivity index (χ0v) is 11.6. The summed E-state index contributed by atoms with van der Waals surface area (Å²) in [7, 11) is 1.62. The number of hydrogen-bond donors (Lipinski definition) is 2. The molecule has 0 saturated carbocycles. The zero-order chi connectivity index (χ0) is 13.8. The first-order chi connectivity index (χ1) is 9.17. The van der Waals surface area contributed by atoms with Gasteiger partial charge in [0, 0.05) is 30.8 Å². The Morgan fingerprint density at radius 3 is 3.11 bits per heavy atom. The van der Waals surface area contributed by atoms with Crippen LogP contribution < -0.4 is 16.0 Å². The van der Waals surface area contributed by atoms with Gasteiger partial charge in [-0.15, -0.1) is 0 Å². The van der Waals surface area contributed by atoms with Crippen LogP contribution in [-0.2, 0) is 16.1 Å². The third kappa shape index (κ3) is 3.00. The molecule has 1 aromatic rings. The summed E-state index contributed by atoms with van der Waals surface area (Å²) in [5.41, 5.74) is 7.64. The molecular formula is C13H18ClN3O2. The highest BCUT2D eigenvalue weighted by molar-refractivity contribution is 6.30. The van der Waals surface area contributed by atoms with Crippen LogP contribution in [-0.4, -0.2) is 38.8 Å². The van der Waals surface area contributed by atoms with Crippen LogP contribution in [0.15, 0.2) is 18.2 Å². The van der Waals surface area contributed by atoms with E-state index in [1.54, 1.807) is 7.05 Å². The molecule has 2 rings (SSSR count). The minimum Gasteiger partial charge on any atom is -0.377 e. The third-order valence-corrected chi connectivity index (χ3v) is 3.49. The van der Waals surface area contributed by atoms with E-state index >= 15 is 0 Å². The zero-order valence-electron chi connectivity index (χ0n) is 10.9. The van der Waals surface area contributed by atoms with E-state index in [-0.39, 0.29) is 11.9 Å². The highest BCUT2D eigenvalue weighted by Gasteiger charge is 2.30. The van der Waals surface area contributed by atoms with Crippen LogP contribution >= 0.6 is 11.6 Å². The molecule has 1 amide bonds. The molecule has 19 heavy (non-hydrogen) atoms. The standard InChI is InChI=1S/C13H18ClN3O2/c1-16-13(18)12-8-19-5-4-17(12)11-6-10(14)3-2-9(11)7-15/h2-3,6,12H,4-5,7-8,15H2,1H3,(H,16,18). The molecule has 0 aliphatic carbocycles. The summed E-state index contributed by atoms with van der Waals surface area (Å²) in [6.07, 6.45) is 0. The lowest BCUT2D eigenvalue weighted by atomic mass is 10.1. The van der Waals surface area contributed by atoms with Crippen LogP contribution in [0.4, 0.5) is 5.69 Å². The van der Waals surface area contributed by atoms with Crippen LogP contribution in [0.1, 0.15) is 5.56 Å². The average molecular weight is 284 g/mol. The van der Waals surface area contributed by atoms with E-state index in [0.29, 0.717) is 31.3 Å². The first-order valence-corrected chi connectivity index (χ1v) is 6.59. The molecule has 0 aromatic heterocycles. The second-order valence-corrected chi connectivity index (χ2v) is 4.81. The van der Waals surface area contributed by atoms with Gasteiger partial charge >= 0.3 is 0 Å². The number of benzene rings is 1. The predicted octanol–water partition coefficient (Wildman–Crippen LogP) is 0.750. The summed E-state index contributed by atoms with van der Waals surface area (Å²) in [5.74, 6) is -0.0670. The molecule has 6 heteroatoms. The van der Waals surface area contributed by atoms with Gasteiger partial charge in [-0.2, -0.15) is 0 Å². The molecule has 3 N–H and O–H groups in total. The molecule has 0 radical (unpaired) electrons. The monoisotopic (exact) mass is 283 g/mol. The Labute approximate surface area is 117 Å². The second kappa shape index (κ2) is 6.23. The molecule has 1 aliphatic heterocycles. The molecule has 0 spiro atoms. The van der Waals surface area contributed by atoms with Gasteiger partial charge in [0.25, 0.3) is 0 Å². The second-order valence-electron chi connectivity index (χ2n) is 4.38. The van der Waals surface area contributed by atoms with E-state index in [4.69, 9.17) is 22.1 Å². The van der Waals surface area contributed by atoms with Crippen molar-refractivity contribution in [3.05, 3.63) is 28.8 Å². The topological polar surface area (TPSA) is 67.6 Å². The van der Waals surface area contributed by atoms with Crippen molar-refractivity contribution in [2.75, 3.05) is 31.7 Å². The van der Waals surface area contributed by atoms with Gasteiger partial charge in [0.1, 0.15) is 6.04 Å². The summed E-state index contributed by atoms with van der Waals surface area (Å²) in [4.78, 5) is 13.9. The number of nitrogens with one attached hydrogen (secondary N) is 1. The van der Waals surface area contributed by atoms with Crippen LogP contribution in [0.3, 0.4) is 0 Å². The molecule has 1 heterocycles. The number of amides is 1. The highest BCUT2D eigenvalue weighted by Crippen LogP contribution is 2.27. The summed E-state index contributed by atoms with van der Waals surface area (Å²) in [6, 6.07) is 5.21. The number of nitrogens with zero attached hydrogens (tertiary/aromatic N) is 1. The number of carbonyl (C=O) groups is 1. The number of rotatable bonds is 3. The third-order valence-electron chi connectivity index (χ3n) is 3.25. The van der Waals surface area contributed by atoms with Crippen molar-refractivity contribution in [1.29, 1.82) is 0 Å². The van der Waals surface area contributed by atoms with Gasteiger partial charge in [0.05, 0.1) is 13.2 Å². The van der Waals surface area contributed by atoms with E-state index in [2.05, 4.69) is 5.32 Å². The number of likely N-dealkylation sites (N-methyl/N-ethyl adjacent to an activating group) is 1. The van der Waals surface area contributed by atoms with Gasteiger partial charge in [-0.1, -0.05) is 17.7 Å². The lowest BCUT2D eigenvalue weighted by Gasteiger charge is -2.37. The Morgan fingerprint density at radius 2 is 2.42 bits per heavy atom. The molecule has 5 nitrogen and oxygen atoms in total. The van der Waals surface area contributed by atoms with Crippen LogP contribution in [0, 0.1) is 0 Å². The first kappa shape index (κ1) is 14.1. The molecule has 1 aromatic carbocycles. The Balaban J connectivity index is 2.36. The van der Waals surface area contributed by atoms with E-state index in [9.17, 15) is 4.79 Å². The number of halogens is 1. The minimum atomic E-state index is -0.345. The van der Waals surface area contributed by atoms with Crippen molar-refractivity contribution in [1.82, 2.24) is 5.32 Å². The van der Waals surface area contributed by atoms with Crippen molar-refractivity contribution < 1.29 is 9.53 Å². The first-order valence-electron chi connectivity index (χ1n) is 6.22. The fraction of sp³-hybridized carbons (Fsp3) is 0.462. The molecule has 1 unspecified atom stereocenters. The van der Waals surface area contributed by atoms with Crippen molar-refractivity contribution in [3.8, 4) is 0 Å². The van der Waals surface area contributed by atoms with Gasteiger partial charge < -0.3 is 20.7 Å². The molecule has 1 saturated heterocycles. The normalized spacial score (nSPS) is 19.3. The maximum atomic E-state index is 11.9. The molecule has 0 bridgehead atoms. The van der Waals surface area contributed by atoms with E-state index in [0.717, 1.165) is 11.3 Å². The maximum Gasteiger partial charge on any atom is 0.244 e. The SMILES string of the molecule is CNC(=O)C1COCCN1c1cc(Cl)ccc1CN. The molecule has 1 fully saturated rings. The number of carbonyl (C=O) groups excluding carboxylic acids is 1. The summed E-state index contributed by atoms with van der Waals surface area (Å²) >= 11 is 6.05. The molecule has 104 valence electrons. The fourth-order valence-corrected chi connectivity index (χ4v) is 2.42. The number of anilines is 1. The number of nitrogens with two attached hydrogens (primary N) is 1. The van der Waals surface area contributed by atoms with Gasteiger partial charge in [-0.3, -0.25) is 4.79 Å². The van der Waals surface area contributed by atoms with Crippen molar-refractivity contribution >= 4 is 23.2 Å². The molecule has 1 atom stereocenters. The van der Waals surface area contributed by atoms with Gasteiger partial charge in [0.15, 0.2) is 0 Å². The largest absolute Gasteiger partial charge is 0.377 e. The van der Waals surface area contributed by atoms with Gasteiger partial charge in [-0.05, 0) is 17.7 Å². The smallest absolute Gasteiger partial charge is 0.244 e. The Kier molecular flexibility index (Phi) is 4.63. The average Bonchev–Trinajstić information content (AvgIpc) is 2.46. The molecule has 1 aliphatic rings. The predicted molar refractivity (Wildman–Crippen MR) is 75.4 cm³/mol. The van der Waals surface area contributed by atoms with Crippen molar-refractivity contribution in [2.45, 2.75) is 12.6 Å². The Bertz CT molecular complexity index is 467. The number of ether oxygens (including phenoxy) is 1. The maximum absolute atomic E-state index is 11.9. The Morgan fingerprint density at radius 1 is 1.63 bits per heavy atom. The summed E-state index contributed by atoms with van der Waals surface area (Å²) < 4.78 is 5.39. The van der Waals surface area contributed by atoms with Crippen LogP contribution in [0.2, 0.25) is 5.02 Å². The summed E-state index contributed by atoms with van der Waals surface area (Å²) in [5, 5.41) is 3.30. The van der Waals surface area contributed by atoms with Crippen LogP contribution in [0.5, 0.6) is 0 Å². The van der Waals surface area contributed by atoms with Crippen molar-refractivity contribution in [3.63, 3.8) is 0 Å². The molecular weight excluding hydrogens is 266 g/mol. The fourth-order valence-electron chi connectivity index (χ4n) is 2.25. The van der Waals surface area contributed by atoms with E-state index in [1.165, 1.54) is 0 Å². The van der Waals surface area contributed by atoms with Gasteiger partial charge in [0.2, 0.25) is 5.91 Å². The van der Waals surface area contributed by atoms with Crippen molar-refractivity contribution in [2.24, 2.45) is 5.73 Å². The minimum absolute atomic E-state index is 0.0670. The lowest BCUT2D eigenvalue weighted by Crippen LogP contribution is -2.53. The van der Waals surface area contributed by atoms with Crippen LogP contribution in [0.25, 0.3) is 0 Å². The quantitative estimate of drug-likeness (QED) is 0.859. The lowest BCUT2D eigenvalue weighted by molar-refractivity contribution is -0.124. The number of morpholine rings is 1. The van der Waals surface area contributed by atoms with Gasteiger partial charge in [-0.25, -0.2) is 0 Å². The van der Waals surface area contributed by atoms with E-state index in [1.807, 2.05) is 23.1 Å². The number of hydrogen-bond acceptors (Lipinski definition) is 4. The summed E-state index contributed by atoms with van der Waals surface area (Å²) in [6.45, 7) is 2.01. The van der Waals surface area contributed by atoms with E-state index < -0.39 is 0 Å². The highest BCUT2D eigenvalue weighted by atomic mass is 35.5.